The van der Waals surface area contributed by atoms with Crippen LogP contribution in [0.15, 0.2) is 77.7 Å². The molecular formula is C26H20N2O6S. The predicted octanol–water partition coefficient (Wildman–Crippen LogP) is 4.67. The van der Waals surface area contributed by atoms with Gasteiger partial charge in [-0.25, -0.2) is 0 Å². The molecule has 0 bridgehead atoms. The summed E-state index contributed by atoms with van der Waals surface area (Å²) in [6.45, 7) is 0.0894. The molecule has 0 radical (unpaired) electrons. The summed E-state index contributed by atoms with van der Waals surface area (Å²) in [7, 11) is 0. The minimum absolute atomic E-state index is 0.121. The van der Waals surface area contributed by atoms with E-state index < -0.39 is 23.6 Å². The Morgan fingerprint density at radius 3 is 2.63 bits per heavy atom. The molecule has 9 heteroatoms. The Labute approximate surface area is 205 Å². The fourth-order valence-electron chi connectivity index (χ4n) is 3.56. The van der Waals surface area contributed by atoms with Crippen LogP contribution in [0.1, 0.15) is 11.1 Å². The Kier molecular flexibility index (Phi) is 6.40. The van der Waals surface area contributed by atoms with Crippen molar-refractivity contribution in [1.29, 1.82) is 0 Å². The van der Waals surface area contributed by atoms with E-state index in [1.54, 1.807) is 36.4 Å². The van der Waals surface area contributed by atoms with E-state index in [9.17, 15) is 14.4 Å². The van der Waals surface area contributed by atoms with Crippen LogP contribution >= 0.6 is 11.8 Å². The lowest BCUT2D eigenvalue weighted by atomic mass is 10.1. The summed E-state index contributed by atoms with van der Waals surface area (Å²) in [5.41, 5.74) is 2.15. The highest BCUT2D eigenvalue weighted by Gasteiger charge is 2.36. The highest BCUT2D eigenvalue weighted by atomic mass is 32.2. The molecule has 3 amide bonds. The first-order valence-corrected chi connectivity index (χ1v) is 11.6. The second-order valence-corrected chi connectivity index (χ2v) is 8.69. The van der Waals surface area contributed by atoms with E-state index in [2.05, 4.69) is 5.32 Å². The molecule has 1 N–H and O–H groups in total. The van der Waals surface area contributed by atoms with Crippen molar-refractivity contribution in [3.63, 3.8) is 0 Å². The predicted molar refractivity (Wildman–Crippen MR) is 131 cm³/mol. The molecule has 0 unspecified atom stereocenters. The van der Waals surface area contributed by atoms with Crippen molar-refractivity contribution in [2.45, 2.75) is 6.61 Å². The van der Waals surface area contributed by atoms with Crippen LogP contribution in [0, 0.1) is 0 Å². The van der Waals surface area contributed by atoms with Crippen molar-refractivity contribution in [1.82, 2.24) is 4.90 Å². The number of fused-ring (bicyclic) bond motifs is 1. The Bertz CT molecular complexity index is 1320. The number of anilines is 1. The zero-order valence-electron chi connectivity index (χ0n) is 18.4. The highest BCUT2D eigenvalue weighted by Crippen LogP contribution is 2.35. The number of imide groups is 1. The van der Waals surface area contributed by atoms with Gasteiger partial charge in [0.2, 0.25) is 12.7 Å². The monoisotopic (exact) mass is 488 g/mol. The molecule has 3 aromatic carbocycles. The number of nitrogens with zero attached hydrogens (tertiary/aromatic N) is 1. The Balaban J connectivity index is 1.25. The number of nitrogens with one attached hydrogen (secondary N) is 1. The summed E-state index contributed by atoms with van der Waals surface area (Å²) in [6.07, 6.45) is 1.61. The molecule has 8 nitrogen and oxygen atoms in total. The minimum Gasteiger partial charge on any atom is -0.488 e. The number of benzene rings is 3. The van der Waals surface area contributed by atoms with E-state index in [0.717, 1.165) is 22.2 Å². The zero-order chi connectivity index (χ0) is 24.2. The average molecular weight is 489 g/mol. The topological polar surface area (TPSA) is 94.2 Å². The highest BCUT2D eigenvalue weighted by molar-refractivity contribution is 8.18. The number of ether oxygens (including phenoxy) is 3. The largest absolute Gasteiger partial charge is 0.488 e. The summed E-state index contributed by atoms with van der Waals surface area (Å²) in [5, 5.41) is 2.17. The average Bonchev–Trinajstić information content (AvgIpc) is 3.44. The molecule has 5 rings (SSSR count). The summed E-state index contributed by atoms with van der Waals surface area (Å²) in [6, 6.07) is 22.0. The van der Waals surface area contributed by atoms with Crippen molar-refractivity contribution in [2.75, 3.05) is 18.7 Å². The van der Waals surface area contributed by atoms with Gasteiger partial charge >= 0.3 is 0 Å². The minimum atomic E-state index is -0.529. The molecule has 2 heterocycles. The SMILES string of the molecule is O=C(CN1C(=O)S/C(=C/c2ccccc2OCc2ccccc2)C1=O)Nc1ccc2c(c1)OCO2. The van der Waals surface area contributed by atoms with Crippen molar-refractivity contribution >= 4 is 40.6 Å². The molecular weight excluding hydrogens is 468 g/mol. The van der Waals surface area contributed by atoms with Crippen LogP contribution in [0.25, 0.3) is 6.08 Å². The van der Waals surface area contributed by atoms with Gasteiger partial charge < -0.3 is 19.5 Å². The Morgan fingerprint density at radius 1 is 1.00 bits per heavy atom. The van der Waals surface area contributed by atoms with Crippen LogP contribution in [0.4, 0.5) is 10.5 Å². The van der Waals surface area contributed by atoms with Gasteiger partial charge in [0, 0.05) is 17.3 Å². The molecule has 1 fully saturated rings. The van der Waals surface area contributed by atoms with Gasteiger partial charge in [0.15, 0.2) is 11.5 Å². The first-order valence-electron chi connectivity index (χ1n) is 10.8. The number of rotatable bonds is 7. The van der Waals surface area contributed by atoms with Gasteiger partial charge in [0.25, 0.3) is 11.1 Å². The number of thioether (sulfide) groups is 1. The number of carbonyl (C=O) groups excluding carboxylic acids is 3. The lowest BCUT2D eigenvalue weighted by molar-refractivity contribution is -0.127. The second-order valence-electron chi connectivity index (χ2n) is 7.70. The molecule has 176 valence electrons. The summed E-state index contributed by atoms with van der Waals surface area (Å²) >= 11 is 0.791. The number of amides is 3. The third kappa shape index (κ3) is 5.15. The number of carbonyl (C=O) groups is 3. The first-order chi connectivity index (χ1) is 17.1. The van der Waals surface area contributed by atoms with Crippen LogP contribution in [0.5, 0.6) is 17.2 Å². The van der Waals surface area contributed by atoms with E-state index in [0.29, 0.717) is 35.1 Å². The zero-order valence-corrected chi connectivity index (χ0v) is 19.2. The summed E-state index contributed by atoms with van der Waals surface area (Å²) < 4.78 is 16.5. The quantitative estimate of drug-likeness (QED) is 0.483. The second kappa shape index (κ2) is 9.94. The molecule has 2 aliphatic heterocycles. The van der Waals surface area contributed by atoms with Gasteiger partial charge in [-0.3, -0.25) is 19.3 Å². The van der Waals surface area contributed by atoms with Gasteiger partial charge in [-0.2, -0.15) is 0 Å². The molecule has 0 saturated carbocycles. The van der Waals surface area contributed by atoms with Gasteiger partial charge in [0.1, 0.15) is 18.9 Å². The summed E-state index contributed by atoms with van der Waals surface area (Å²) in [5.74, 6) is 0.665. The van der Waals surface area contributed by atoms with Crippen LogP contribution < -0.4 is 19.5 Å². The lowest BCUT2D eigenvalue weighted by Gasteiger charge is -2.13. The maximum atomic E-state index is 12.9. The Morgan fingerprint density at radius 2 is 1.77 bits per heavy atom. The van der Waals surface area contributed by atoms with Crippen LogP contribution in [0.2, 0.25) is 0 Å². The fourth-order valence-corrected chi connectivity index (χ4v) is 4.39. The van der Waals surface area contributed by atoms with E-state index in [1.165, 1.54) is 0 Å². The number of para-hydroxylation sites is 1. The van der Waals surface area contributed by atoms with Crippen molar-refractivity contribution in [2.24, 2.45) is 0 Å². The lowest BCUT2D eigenvalue weighted by Crippen LogP contribution is -2.36. The van der Waals surface area contributed by atoms with Crippen LogP contribution in [0.3, 0.4) is 0 Å². The van der Waals surface area contributed by atoms with E-state index in [-0.39, 0.29) is 11.7 Å². The first kappa shape index (κ1) is 22.5. The molecule has 0 aliphatic carbocycles. The molecule has 35 heavy (non-hydrogen) atoms. The number of hydrogen-bond acceptors (Lipinski definition) is 7. The third-order valence-electron chi connectivity index (χ3n) is 5.27. The van der Waals surface area contributed by atoms with Crippen LogP contribution in [-0.2, 0) is 16.2 Å². The van der Waals surface area contributed by atoms with Gasteiger partial charge in [-0.15, -0.1) is 0 Å². The van der Waals surface area contributed by atoms with Gasteiger partial charge in [-0.05, 0) is 41.6 Å². The third-order valence-corrected chi connectivity index (χ3v) is 6.18. The Hall–Kier alpha value is -4.24. The van der Waals surface area contributed by atoms with Crippen molar-refractivity contribution < 1.29 is 28.6 Å². The maximum Gasteiger partial charge on any atom is 0.294 e. The molecule has 0 spiro atoms. The molecule has 1 saturated heterocycles. The normalized spacial score (nSPS) is 15.5. The van der Waals surface area contributed by atoms with Gasteiger partial charge in [-0.1, -0.05) is 48.5 Å². The van der Waals surface area contributed by atoms with Crippen molar-refractivity contribution in [3.05, 3.63) is 88.8 Å². The maximum absolute atomic E-state index is 12.9. The van der Waals surface area contributed by atoms with Gasteiger partial charge in [0.05, 0.1) is 4.91 Å². The summed E-state index contributed by atoms with van der Waals surface area (Å²) in [4.78, 5) is 39.1. The molecule has 2 aliphatic rings. The van der Waals surface area contributed by atoms with E-state index >= 15 is 0 Å². The van der Waals surface area contributed by atoms with E-state index in [1.807, 2.05) is 42.5 Å². The smallest absolute Gasteiger partial charge is 0.294 e. The fraction of sp³-hybridized carbons (Fsp3) is 0.115. The molecule has 0 atom stereocenters. The standard InChI is InChI=1S/C26H20N2O6S/c29-24(27-19-10-11-21-22(13-19)34-16-33-21)14-28-25(30)23(35-26(28)31)12-18-8-4-5-9-20(18)32-15-17-6-2-1-3-7-17/h1-13H,14-16H2,(H,27,29)/b23-12+. The molecule has 0 aromatic heterocycles. The van der Waals surface area contributed by atoms with Crippen LogP contribution in [-0.4, -0.2) is 35.3 Å². The number of hydrogen-bond donors (Lipinski definition) is 1. The van der Waals surface area contributed by atoms with Crippen molar-refractivity contribution in [3.8, 4) is 17.2 Å². The van der Waals surface area contributed by atoms with E-state index in [4.69, 9.17) is 14.2 Å². The molecule has 3 aromatic rings.